The van der Waals surface area contributed by atoms with E-state index in [2.05, 4.69) is 16.9 Å². The van der Waals surface area contributed by atoms with Crippen LogP contribution in [0.4, 0.5) is 0 Å². The number of nitrogens with zero attached hydrogens (tertiary/aromatic N) is 2. The zero-order chi connectivity index (χ0) is 8.10. The fourth-order valence-electron chi connectivity index (χ4n) is 0.910. The Morgan fingerprint density at radius 3 is 2.73 bits per heavy atom. The van der Waals surface area contributed by atoms with Gasteiger partial charge in [0.15, 0.2) is 0 Å². The summed E-state index contributed by atoms with van der Waals surface area (Å²) in [6.07, 6.45) is 3.69. The number of rotatable bonds is 3. The van der Waals surface area contributed by atoms with Crippen molar-refractivity contribution in [3.8, 4) is 0 Å². The standard InChI is InChI=1S/C8H11ClN2/c1-2-3-7-4-8(5-9)11-6-10-7/h4,6H,2-3,5H2,1H3. The van der Waals surface area contributed by atoms with Crippen molar-refractivity contribution >= 4 is 11.6 Å². The third-order valence-corrected chi connectivity index (χ3v) is 1.70. The second kappa shape index (κ2) is 4.29. The monoisotopic (exact) mass is 170 g/mol. The van der Waals surface area contributed by atoms with Crippen LogP contribution >= 0.6 is 11.6 Å². The van der Waals surface area contributed by atoms with Gasteiger partial charge >= 0.3 is 0 Å². The van der Waals surface area contributed by atoms with Crippen LogP contribution in [0.25, 0.3) is 0 Å². The smallest absolute Gasteiger partial charge is 0.115 e. The zero-order valence-corrected chi connectivity index (χ0v) is 7.30. The van der Waals surface area contributed by atoms with E-state index in [4.69, 9.17) is 11.6 Å². The van der Waals surface area contributed by atoms with E-state index in [1.807, 2.05) is 6.07 Å². The van der Waals surface area contributed by atoms with E-state index < -0.39 is 0 Å². The van der Waals surface area contributed by atoms with Gasteiger partial charge < -0.3 is 0 Å². The molecule has 60 valence electrons. The highest BCUT2D eigenvalue weighted by atomic mass is 35.5. The average molecular weight is 171 g/mol. The van der Waals surface area contributed by atoms with Crippen LogP contribution in [0.15, 0.2) is 12.4 Å². The van der Waals surface area contributed by atoms with Gasteiger partial charge in [-0.1, -0.05) is 13.3 Å². The van der Waals surface area contributed by atoms with Crippen molar-refractivity contribution in [3.63, 3.8) is 0 Å². The molecule has 0 unspecified atom stereocenters. The topological polar surface area (TPSA) is 25.8 Å². The Labute approximate surface area is 71.6 Å². The maximum Gasteiger partial charge on any atom is 0.115 e. The highest BCUT2D eigenvalue weighted by Crippen LogP contribution is 2.03. The summed E-state index contributed by atoms with van der Waals surface area (Å²) in [5, 5.41) is 0. The van der Waals surface area contributed by atoms with Gasteiger partial charge in [-0.2, -0.15) is 0 Å². The van der Waals surface area contributed by atoms with Gasteiger partial charge in [0, 0.05) is 5.69 Å². The second-order valence-electron chi connectivity index (χ2n) is 2.38. The molecule has 0 N–H and O–H groups in total. The minimum Gasteiger partial charge on any atom is -0.241 e. The molecule has 1 heterocycles. The van der Waals surface area contributed by atoms with Gasteiger partial charge in [-0.25, -0.2) is 9.97 Å². The molecule has 11 heavy (non-hydrogen) atoms. The highest BCUT2D eigenvalue weighted by molar-refractivity contribution is 6.16. The summed E-state index contributed by atoms with van der Waals surface area (Å²) in [7, 11) is 0. The van der Waals surface area contributed by atoms with Crippen molar-refractivity contribution in [1.82, 2.24) is 9.97 Å². The molecule has 0 radical (unpaired) electrons. The first-order valence-electron chi connectivity index (χ1n) is 3.72. The van der Waals surface area contributed by atoms with Gasteiger partial charge in [-0.05, 0) is 12.5 Å². The number of aromatic nitrogens is 2. The Hall–Kier alpha value is -0.630. The third kappa shape index (κ3) is 2.46. The third-order valence-electron chi connectivity index (χ3n) is 1.42. The molecule has 0 amide bonds. The summed E-state index contributed by atoms with van der Waals surface area (Å²) in [6, 6.07) is 1.95. The summed E-state index contributed by atoms with van der Waals surface area (Å²) in [4.78, 5) is 8.10. The lowest BCUT2D eigenvalue weighted by molar-refractivity contribution is 0.864. The lowest BCUT2D eigenvalue weighted by Crippen LogP contribution is -1.93. The van der Waals surface area contributed by atoms with E-state index in [9.17, 15) is 0 Å². The summed E-state index contributed by atoms with van der Waals surface area (Å²) >= 11 is 5.61. The van der Waals surface area contributed by atoms with Crippen LogP contribution in [0.5, 0.6) is 0 Å². The first-order chi connectivity index (χ1) is 5.36. The van der Waals surface area contributed by atoms with Crippen molar-refractivity contribution in [2.45, 2.75) is 25.6 Å². The first kappa shape index (κ1) is 8.47. The van der Waals surface area contributed by atoms with Crippen molar-refractivity contribution in [2.24, 2.45) is 0 Å². The van der Waals surface area contributed by atoms with Gasteiger partial charge in [0.2, 0.25) is 0 Å². The number of halogens is 1. The van der Waals surface area contributed by atoms with Crippen LogP contribution in [-0.4, -0.2) is 9.97 Å². The summed E-state index contributed by atoms with van der Waals surface area (Å²) in [5.74, 6) is 0.471. The minimum absolute atomic E-state index is 0.471. The quantitative estimate of drug-likeness (QED) is 0.650. The summed E-state index contributed by atoms with van der Waals surface area (Å²) in [5.41, 5.74) is 1.99. The molecule has 0 atom stereocenters. The molecule has 1 rings (SSSR count). The zero-order valence-electron chi connectivity index (χ0n) is 6.55. The van der Waals surface area contributed by atoms with Gasteiger partial charge in [-0.15, -0.1) is 11.6 Å². The number of hydrogen-bond acceptors (Lipinski definition) is 2. The van der Waals surface area contributed by atoms with E-state index in [-0.39, 0.29) is 0 Å². The molecular formula is C8H11ClN2. The predicted molar refractivity (Wildman–Crippen MR) is 45.6 cm³/mol. The number of aryl methyl sites for hydroxylation is 1. The van der Waals surface area contributed by atoms with Crippen molar-refractivity contribution < 1.29 is 0 Å². The van der Waals surface area contributed by atoms with E-state index in [1.165, 1.54) is 0 Å². The fourth-order valence-corrected chi connectivity index (χ4v) is 1.06. The Kier molecular flexibility index (Phi) is 3.30. The Morgan fingerprint density at radius 2 is 2.09 bits per heavy atom. The van der Waals surface area contributed by atoms with E-state index in [0.717, 1.165) is 24.2 Å². The van der Waals surface area contributed by atoms with Gasteiger partial charge in [0.1, 0.15) is 6.33 Å². The molecule has 0 saturated carbocycles. The second-order valence-corrected chi connectivity index (χ2v) is 2.65. The maximum absolute atomic E-state index is 5.61. The van der Waals surface area contributed by atoms with Crippen LogP contribution in [0, 0.1) is 0 Å². The SMILES string of the molecule is CCCc1cc(CCl)ncn1. The maximum atomic E-state index is 5.61. The van der Waals surface area contributed by atoms with Crippen LogP contribution in [-0.2, 0) is 12.3 Å². The van der Waals surface area contributed by atoms with Crippen molar-refractivity contribution in [2.75, 3.05) is 0 Å². The van der Waals surface area contributed by atoms with Gasteiger partial charge in [0.25, 0.3) is 0 Å². The van der Waals surface area contributed by atoms with Gasteiger partial charge in [0.05, 0.1) is 11.6 Å². The Balaban J connectivity index is 2.74. The molecule has 0 aliphatic heterocycles. The van der Waals surface area contributed by atoms with E-state index >= 15 is 0 Å². The lowest BCUT2D eigenvalue weighted by Gasteiger charge is -1.97. The Morgan fingerprint density at radius 1 is 1.36 bits per heavy atom. The van der Waals surface area contributed by atoms with Crippen LogP contribution in [0.2, 0.25) is 0 Å². The van der Waals surface area contributed by atoms with Crippen molar-refractivity contribution in [1.29, 1.82) is 0 Å². The largest absolute Gasteiger partial charge is 0.241 e. The molecule has 0 saturated heterocycles. The number of hydrogen-bond donors (Lipinski definition) is 0. The average Bonchev–Trinajstić information content (AvgIpc) is 2.06. The predicted octanol–water partition coefficient (Wildman–Crippen LogP) is 2.17. The first-order valence-corrected chi connectivity index (χ1v) is 4.26. The summed E-state index contributed by atoms with van der Waals surface area (Å²) < 4.78 is 0. The van der Waals surface area contributed by atoms with E-state index in [1.54, 1.807) is 6.33 Å². The molecule has 0 aliphatic carbocycles. The fraction of sp³-hybridized carbons (Fsp3) is 0.500. The molecule has 1 aromatic rings. The Bertz CT molecular complexity index is 225. The van der Waals surface area contributed by atoms with E-state index in [0.29, 0.717) is 5.88 Å². The molecule has 0 aliphatic rings. The van der Waals surface area contributed by atoms with Crippen LogP contribution in [0.3, 0.4) is 0 Å². The molecule has 0 bridgehead atoms. The molecule has 0 fully saturated rings. The number of alkyl halides is 1. The molecule has 0 spiro atoms. The molecular weight excluding hydrogens is 160 g/mol. The molecule has 3 heteroatoms. The normalized spacial score (nSPS) is 10.0. The molecule has 1 aromatic heterocycles. The molecule has 2 nitrogen and oxygen atoms in total. The van der Waals surface area contributed by atoms with Crippen LogP contribution < -0.4 is 0 Å². The highest BCUT2D eigenvalue weighted by Gasteiger charge is 1.95. The van der Waals surface area contributed by atoms with Gasteiger partial charge in [-0.3, -0.25) is 0 Å². The van der Waals surface area contributed by atoms with Crippen LogP contribution in [0.1, 0.15) is 24.7 Å². The van der Waals surface area contributed by atoms with Crippen molar-refractivity contribution in [3.05, 3.63) is 23.8 Å². The molecule has 0 aromatic carbocycles. The minimum atomic E-state index is 0.471. The lowest BCUT2D eigenvalue weighted by atomic mass is 10.2. The summed E-state index contributed by atoms with van der Waals surface area (Å²) in [6.45, 7) is 2.13.